The topological polar surface area (TPSA) is 29.1 Å². The maximum Gasteiger partial charge on any atom is 0.251 e. The van der Waals surface area contributed by atoms with Crippen molar-refractivity contribution >= 4 is 17.5 Å². The first-order valence-corrected chi connectivity index (χ1v) is 7.02. The average molecular weight is 266 g/mol. The van der Waals surface area contributed by atoms with Crippen molar-refractivity contribution in [2.45, 2.75) is 39.2 Å². The van der Waals surface area contributed by atoms with E-state index in [4.69, 9.17) is 11.6 Å². The van der Waals surface area contributed by atoms with Crippen molar-refractivity contribution in [1.29, 1.82) is 0 Å². The Morgan fingerprint density at radius 1 is 1.22 bits per heavy atom. The van der Waals surface area contributed by atoms with Crippen LogP contribution >= 0.6 is 11.6 Å². The second-order valence-corrected chi connectivity index (χ2v) is 5.79. The van der Waals surface area contributed by atoms with E-state index in [-0.39, 0.29) is 5.91 Å². The van der Waals surface area contributed by atoms with Crippen LogP contribution in [0.1, 0.15) is 43.5 Å². The minimum absolute atomic E-state index is 0.0117. The number of amides is 1. The molecule has 98 valence electrons. The smallest absolute Gasteiger partial charge is 0.251 e. The molecule has 3 atom stereocenters. The van der Waals surface area contributed by atoms with Crippen LogP contribution in [0.3, 0.4) is 0 Å². The third-order valence-electron chi connectivity index (χ3n) is 4.13. The minimum atomic E-state index is 0.0117. The monoisotopic (exact) mass is 265 g/mol. The summed E-state index contributed by atoms with van der Waals surface area (Å²) in [7, 11) is 0. The van der Waals surface area contributed by atoms with Gasteiger partial charge in [-0.2, -0.15) is 0 Å². The SMILES string of the molecule is CC1CCCC(NC(=O)c2ccc(Cl)cc2)C1C. The van der Waals surface area contributed by atoms with Crippen molar-refractivity contribution in [2.24, 2.45) is 11.8 Å². The Balaban J connectivity index is 2.00. The zero-order valence-corrected chi connectivity index (χ0v) is 11.7. The lowest BCUT2D eigenvalue weighted by atomic mass is 9.78. The molecule has 1 aromatic carbocycles. The van der Waals surface area contributed by atoms with Crippen molar-refractivity contribution in [3.63, 3.8) is 0 Å². The first-order chi connectivity index (χ1) is 8.58. The summed E-state index contributed by atoms with van der Waals surface area (Å²) in [5, 5.41) is 3.81. The fourth-order valence-corrected chi connectivity index (χ4v) is 2.76. The summed E-state index contributed by atoms with van der Waals surface area (Å²) in [5.41, 5.74) is 0.685. The van der Waals surface area contributed by atoms with Gasteiger partial charge in [0, 0.05) is 16.6 Å². The van der Waals surface area contributed by atoms with Gasteiger partial charge < -0.3 is 5.32 Å². The van der Waals surface area contributed by atoms with Crippen molar-refractivity contribution in [1.82, 2.24) is 5.32 Å². The maximum absolute atomic E-state index is 12.1. The lowest BCUT2D eigenvalue weighted by Gasteiger charge is -2.34. The number of halogens is 1. The van der Waals surface area contributed by atoms with Gasteiger partial charge in [0.1, 0.15) is 0 Å². The Bertz CT molecular complexity index is 415. The Labute approximate surface area is 114 Å². The van der Waals surface area contributed by atoms with Gasteiger partial charge in [-0.15, -0.1) is 0 Å². The second-order valence-electron chi connectivity index (χ2n) is 5.35. The number of nitrogens with one attached hydrogen (secondary N) is 1. The van der Waals surface area contributed by atoms with Crippen molar-refractivity contribution in [3.8, 4) is 0 Å². The van der Waals surface area contributed by atoms with Gasteiger partial charge in [-0.05, 0) is 42.5 Å². The Hall–Kier alpha value is -1.02. The second kappa shape index (κ2) is 5.75. The summed E-state index contributed by atoms with van der Waals surface area (Å²) >= 11 is 5.82. The Kier molecular flexibility index (Phi) is 4.28. The first kappa shape index (κ1) is 13.4. The summed E-state index contributed by atoms with van der Waals surface area (Å²) in [5.74, 6) is 1.25. The molecule has 1 fully saturated rings. The molecule has 3 heteroatoms. The molecular formula is C15H20ClNO. The van der Waals surface area contributed by atoms with Crippen LogP contribution in [0.2, 0.25) is 5.02 Å². The molecule has 1 N–H and O–H groups in total. The maximum atomic E-state index is 12.1. The number of carbonyl (C=O) groups excluding carboxylic acids is 1. The van der Waals surface area contributed by atoms with E-state index < -0.39 is 0 Å². The normalized spacial score (nSPS) is 27.8. The van der Waals surface area contributed by atoms with E-state index in [9.17, 15) is 4.79 Å². The Morgan fingerprint density at radius 3 is 2.56 bits per heavy atom. The molecule has 0 aromatic heterocycles. The quantitative estimate of drug-likeness (QED) is 0.863. The van der Waals surface area contributed by atoms with Crippen LogP contribution in [-0.2, 0) is 0 Å². The van der Waals surface area contributed by atoms with E-state index >= 15 is 0 Å². The molecule has 1 aromatic rings. The van der Waals surface area contributed by atoms with Gasteiger partial charge in [0.2, 0.25) is 0 Å². The van der Waals surface area contributed by atoms with Crippen molar-refractivity contribution in [2.75, 3.05) is 0 Å². The van der Waals surface area contributed by atoms with Crippen molar-refractivity contribution < 1.29 is 4.79 Å². The molecule has 18 heavy (non-hydrogen) atoms. The largest absolute Gasteiger partial charge is 0.349 e. The van der Waals surface area contributed by atoms with Crippen LogP contribution in [-0.4, -0.2) is 11.9 Å². The molecule has 0 aliphatic heterocycles. The summed E-state index contributed by atoms with van der Waals surface area (Å²) in [4.78, 5) is 12.1. The highest BCUT2D eigenvalue weighted by atomic mass is 35.5. The van der Waals surface area contributed by atoms with Gasteiger partial charge in [-0.1, -0.05) is 38.3 Å². The molecule has 0 radical (unpaired) electrons. The van der Waals surface area contributed by atoms with E-state index in [0.29, 0.717) is 28.5 Å². The third kappa shape index (κ3) is 3.05. The van der Waals surface area contributed by atoms with Gasteiger partial charge in [-0.3, -0.25) is 4.79 Å². The highest BCUT2D eigenvalue weighted by Crippen LogP contribution is 2.29. The van der Waals surface area contributed by atoms with Crippen LogP contribution in [0, 0.1) is 11.8 Å². The lowest BCUT2D eigenvalue weighted by molar-refractivity contribution is 0.0891. The number of benzene rings is 1. The molecule has 1 aliphatic carbocycles. The molecule has 2 rings (SSSR count). The molecule has 0 bridgehead atoms. The molecule has 0 spiro atoms. The van der Waals surface area contributed by atoms with E-state index in [1.54, 1.807) is 24.3 Å². The minimum Gasteiger partial charge on any atom is -0.349 e. The highest BCUT2D eigenvalue weighted by Gasteiger charge is 2.28. The molecule has 0 saturated heterocycles. The zero-order valence-electron chi connectivity index (χ0n) is 10.9. The van der Waals surface area contributed by atoms with Crippen LogP contribution in [0.5, 0.6) is 0 Å². The van der Waals surface area contributed by atoms with E-state index in [0.717, 1.165) is 6.42 Å². The van der Waals surface area contributed by atoms with E-state index in [1.807, 2.05) is 0 Å². The summed E-state index contributed by atoms with van der Waals surface area (Å²) in [6, 6.07) is 7.35. The molecule has 1 saturated carbocycles. The van der Waals surface area contributed by atoms with Crippen LogP contribution < -0.4 is 5.32 Å². The molecular weight excluding hydrogens is 246 g/mol. The number of rotatable bonds is 2. The standard InChI is InChI=1S/C15H20ClNO/c1-10-4-3-5-14(11(10)2)17-15(18)12-6-8-13(16)9-7-12/h6-11,14H,3-5H2,1-2H3,(H,17,18). The van der Waals surface area contributed by atoms with Crippen LogP contribution in [0.25, 0.3) is 0 Å². The summed E-state index contributed by atoms with van der Waals surface area (Å²) in [6.45, 7) is 4.50. The third-order valence-corrected chi connectivity index (χ3v) is 4.38. The highest BCUT2D eigenvalue weighted by molar-refractivity contribution is 6.30. The predicted octanol–water partition coefficient (Wildman–Crippen LogP) is 3.89. The van der Waals surface area contributed by atoms with Gasteiger partial charge in [0.25, 0.3) is 5.91 Å². The predicted molar refractivity (Wildman–Crippen MR) is 74.9 cm³/mol. The fraction of sp³-hybridized carbons (Fsp3) is 0.533. The molecule has 3 unspecified atom stereocenters. The number of hydrogen-bond acceptors (Lipinski definition) is 1. The number of hydrogen-bond donors (Lipinski definition) is 1. The van der Waals surface area contributed by atoms with Crippen LogP contribution in [0.4, 0.5) is 0 Å². The van der Waals surface area contributed by atoms with Crippen LogP contribution in [0.15, 0.2) is 24.3 Å². The summed E-state index contributed by atoms with van der Waals surface area (Å²) in [6.07, 6.45) is 3.57. The molecule has 0 heterocycles. The molecule has 1 aliphatic rings. The number of carbonyl (C=O) groups is 1. The van der Waals surface area contributed by atoms with Gasteiger partial charge in [-0.25, -0.2) is 0 Å². The fourth-order valence-electron chi connectivity index (χ4n) is 2.64. The lowest BCUT2D eigenvalue weighted by Crippen LogP contribution is -2.43. The van der Waals surface area contributed by atoms with Gasteiger partial charge in [0.15, 0.2) is 0 Å². The van der Waals surface area contributed by atoms with E-state index in [1.165, 1.54) is 12.8 Å². The Morgan fingerprint density at radius 2 is 1.89 bits per heavy atom. The summed E-state index contributed by atoms with van der Waals surface area (Å²) < 4.78 is 0. The average Bonchev–Trinajstić information content (AvgIpc) is 2.36. The first-order valence-electron chi connectivity index (χ1n) is 6.64. The van der Waals surface area contributed by atoms with Crippen molar-refractivity contribution in [3.05, 3.63) is 34.9 Å². The molecule has 1 amide bonds. The zero-order chi connectivity index (χ0) is 13.1. The van der Waals surface area contributed by atoms with Gasteiger partial charge in [0.05, 0.1) is 0 Å². The van der Waals surface area contributed by atoms with Gasteiger partial charge >= 0.3 is 0 Å². The van der Waals surface area contributed by atoms with E-state index in [2.05, 4.69) is 19.2 Å². The molecule has 2 nitrogen and oxygen atoms in total.